The smallest absolute Gasteiger partial charge is 0.258 e. The van der Waals surface area contributed by atoms with E-state index in [4.69, 9.17) is 6.57 Å². The third-order valence-corrected chi connectivity index (χ3v) is 5.69. The van der Waals surface area contributed by atoms with Crippen molar-refractivity contribution in [1.82, 2.24) is 4.98 Å². The van der Waals surface area contributed by atoms with Crippen LogP contribution in [0.2, 0.25) is 0 Å². The summed E-state index contributed by atoms with van der Waals surface area (Å²) >= 11 is 0. The normalized spacial score (nSPS) is 13.5. The summed E-state index contributed by atoms with van der Waals surface area (Å²) in [6.07, 6.45) is 0. The molecule has 0 spiro atoms. The van der Waals surface area contributed by atoms with E-state index in [-0.39, 0.29) is 10.7 Å². The highest BCUT2D eigenvalue weighted by atomic mass is 32.2. The number of rotatable bonds is 5. The first-order valence-corrected chi connectivity index (χ1v) is 9.39. The molecule has 1 aromatic heterocycles. The molecule has 0 bridgehead atoms. The van der Waals surface area contributed by atoms with E-state index < -0.39 is 27.1 Å². The Bertz CT molecular complexity index is 974. The first kappa shape index (κ1) is 19.6. The fourth-order valence-electron chi connectivity index (χ4n) is 2.26. The number of hydrogen-bond acceptors (Lipinski definition) is 5. The SMILES string of the molecule is [C-]#[N+]c1ccc(NC(=O)[C@@](C)(O)CS(=O)(=O)c2ccc(C)cc2)nc1C. The molecule has 1 aromatic carbocycles. The highest BCUT2D eigenvalue weighted by molar-refractivity contribution is 7.91. The summed E-state index contributed by atoms with van der Waals surface area (Å²) in [5.41, 5.74) is -0.489. The molecule has 1 heterocycles. The Kier molecular flexibility index (Phi) is 5.44. The molecule has 0 fully saturated rings. The lowest BCUT2D eigenvalue weighted by Crippen LogP contribution is -2.46. The molecule has 2 aromatic rings. The minimum absolute atomic E-state index is 0.0338. The monoisotopic (exact) mass is 373 g/mol. The molecule has 0 unspecified atom stereocenters. The van der Waals surface area contributed by atoms with Crippen LogP contribution in [0, 0.1) is 20.4 Å². The Balaban J connectivity index is 2.18. The van der Waals surface area contributed by atoms with E-state index in [1.807, 2.05) is 6.92 Å². The van der Waals surface area contributed by atoms with Crippen LogP contribution in [-0.4, -0.2) is 35.8 Å². The van der Waals surface area contributed by atoms with Gasteiger partial charge < -0.3 is 10.4 Å². The van der Waals surface area contributed by atoms with Crippen LogP contribution >= 0.6 is 0 Å². The molecular formula is C18H19N3O4S. The number of benzene rings is 1. The van der Waals surface area contributed by atoms with Crippen molar-refractivity contribution in [3.8, 4) is 0 Å². The van der Waals surface area contributed by atoms with E-state index in [0.717, 1.165) is 12.5 Å². The fourth-order valence-corrected chi connectivity index (χ4v) is 3.85. The second kappa shape index (κ2) is 7.23. The summed E-state index contributed by atoms with van der Waals surface area (Å²) in [4.78, 5) is 19.7. The number of anilines is 1. The van der Waals surface area contributed by atoms with Crippen LogP contribution in [0.3, 0.4) is 0 Å². The molecule has 1 amide bonds. The van der Waals surface area contributed by atoms with E-state index in [9.17, 15) is 18.3 Å². The third-order valence-electron chi connectivity index (χ3n) is 3.76. The number of aryl methyl sites for hydroxylation is 2. The lowest BCUT2D eigenvalue weighted by Gasteiger charge is -2.22. The van der Waals surface area contributed by atoms with Gasteiger partial charge in [0.25, 0.3) is 5.91 Å². The molecule has 0 saturated heterocycles. The van der Waals surface area contributed by atoms with Crippen LogP contribution < -0.4 is 5.32 Å². The van der Waals surface area contributed by atoms with E-state index >= 15 is 0 Å². The summed E-state index contributed by atoms with van der Waals surface area (Å²) in [7, 11) is -3.86. The first-order chi connectivity index (χ1) is 12.0. The largest absolute Gasteiger partial charge is 0.379 e. The lowest BCUT2D eigenvalue weighted by atomic mass is 10.1. The van der Waals surface area contributed by atoms with Crippen LogP contribution in [-0.2, 0) is 14.6 Å². The Hall–Kier alpha value is -2.76. The Morgan fingerprint density at radius 2 is 1.85 bits per heavy atom. The summed E-state index contributed by atoms with van der Waals surface area (Å²) < 4.78 is 24.9. The number of hydrogen-bond donors (Lipinski definition) is 2. The van der Waals surface area contributed by atoms with Crippen molar-refractivity contribution in [2.24, 2.45) is 0 Å². The topological polar surface area (TPSA) is 101 Å². The van der Waals surface area contributed by atoms with Gasteiger partial charge in [-0.25, -0.2) is 18.2 Å². The van der Waals surface area contributed by atoms with Crippen molar-refractivity contribution >= 4 is 27.2 Å². The molecule has 26 heavy (non-hydrogen) atoms. The molecule has 2 N–H and O–H groups in total. The number of pyridine rings is 1. The highest BCUT2D eigenvalue weighted by Crippen LogP contribution is 2.21. The fraction of sp³-hybridized carbons (Fsp3) is 0.278. The van der Waals surface area contributed by atoms with Gasteiger partial charge >= 0.3 is 0 Å². The number of sulfone groups is 1. The number of amides is 1. The Labute approximate surface area is 152 Å². The van der Waals surface area contributed by atoms with Crippen molar-refractivity contribution in [2.45, 2.75) is 31.3 Å². The predicted molar refractivity (Wildman–Crippen MR) is 97.7 cm³/mol. The number of nitrogens with one attached hydrogen (secondary N) is 1. The van der Waals surface area contributed by atoms with Gasteiger partial charge in [0.1, 0.15) is 5.82 Å². The summed E-state index contributed by atoms with van der Waals surface area (Å²) in [6.45, 7) is 11.6. The average Bonchev–Trinajstić information content (AvgIpc) is 2.54. The third kappa shape index (κ3) is 4.45. The Morgan fingerprint density at radius 3 is 2.38 bits per heavy atom. The van der Waals surface area contributed by atoms with Gasteiger partial charge in [-0.05, 0) is 39.0 Å². The van der Waals surface area contributed by atoms with E-state index in [0.29, 0.717) is 11.4 Å². The first-order valence-electron chi connectivity index (χ1n) is 7.73. The minimum atomic E-state index is -3.86. The standard InChI is InChI=1S/C18H19N3O4S/c1-12-5-7-14(8-6-12)26(24,25)11-18(3,23)17(22)21-16-10-9-15(19-4)13(2)20-16/h5-10,23H,11H2,1-3H3,(H,20,21,22)/t18-/m0/s1. The second-order valence-electron chi connectivity index (χ2n) is 6.21. The molecule has 7 nitrogen and oxygen atoms in total. The number of carbonyl (C=O) groups is 1. The van der Waals surface area contributed by atoms with Crippen LogP contribution in [0.4, 0.5) is 11.5 Å². The van der Waals surface area contributed by atoms with Crippen molar-refractivity contribution < 1.29 is 18.3 Å². The van der Waals surface area contributed by atoms with Gasteiger partial charge in [-0.2, -0.15) is 0 Å². The molecule has 1 atom stereocenters. The molecule has 0 aliphatic heterocycles. The van der Waals surface area contributed by atoms with Crippen LogP contribution in [0.25, 0.3) is 4.85 Å². The zero-order valence-corrected chi connectivity index (χ0v) is 15.5. The number of aromatic nitrogens is 1. The van der Waals surface area contributed by atoms with Crippen LogP contribution in [0.15, 0.2) is 41.3 Å². The molecule has 0 aliphatic rings. The number of aliphatic hydroxyl groups is 1. The van der Waals surface area contributed by atoms with Crippen LogP contribution in [0.1, 0.15) is 18.2 Å². The molecule has 136 valence electrons. The van der Waals surface area contributed by atoms with Gasteiger partial charge in [-0.15, -0.1) is 0 Å². The second-order valence-corrected chi connectivity index (χ2v) is 8.20. The molecule has 0 radical (unpaired) electrons. The minimum Gasteiger partial charge on any atom is -0.379 e. The summed E-state index contributed by atoms with van der Waals surface area (Å²) in [5, 5.41) is 12.8. The van der Waals surface area contributed by atoms with Crippen molar-refractivity contribution in [3.63, 3.8) is 0 Å². The Morgan fingerprint density at radius 1 is 1.23 bits per heavy atom. The molecule has 0 aliphatic carbocycles. The zero-order chi connectivity index (χ0) is 19.5. The predicted octanol–water partition coefficient (Wildman–Crippen LogP) is 2.41. The van der Waals surface area contributed by atoms with E-state index in [1.165, 1.54) is 24.3 Å². The lowest BCUT2D eigenvalue weighted by molar-refractivity contribution is -0.130. The maximum Gasteiger partial charge on any atom is 0.258 e. The number of carbonyl (C=O) groups excluding carboxylic acids is 1. The van der Waals surface area contributed by atoms with Gasteiger partial charge in [0.15, 0.2) is 15.4 Å². The van der Waals surface area contributed by atoms with Crippen LogP contribution in [0.5, 0.6) is 0 Å². The van der Waals surface area contributed by atoms with E-state index in [1.54, 1.807) is 19.1 Å². The van der Waals surface area contributed by atoms with Gasteiger partial charge in [0, 0.05) is 5.69 Å². The quantitative estimate of drug-likeness (QED) is 0.784. The summed E-state index contributed by atoms with van der Waals surface area (Å²) in [5.74, 6) is -1.53. The maximum absolute atomic E-state index is 12.5. The maximum atomic E-state index is 12.5. The zero-order valence-electron chi connectivity index (χ0n) is 14.6. The highest BCUT2D eigenvalue weighted by Gasteiger charge is 2.37. The van der Waals surface area contributed by atoms with Crippen molar-refractivity contribution in [2.75, 3.05) is 11.1 Å². The molecule has 2 rings (SSSR count). The average molecular weight is 373 g/mol. The van der Waals surface area contributed by atoms with Crippen molar-refractivity contribution in [1.29, 1.82) is 0 Å². The van der Waals surface area contributed by atoms with Gasteiger partial charge in [-0.3, -0.25) is 4.79 Å². The molecular weight excluding hydrogens is 354 g/mol. The van der Waals surface area contributed by atoms with E-state index in [2.05, 4.69) is 15.1 Å². The molecule has 8 heteroatoms. The summed E-state index contributed by atoms with van der Waals surface area (Å²) in [6, 6.07) is 9.07. The van der Waals surface area contributed by atoms with Gasteiger partial charge in [0.2, 0.25) is 5.69 Å². The van der Waals surface area contributed by atoms with Gasteiger partial charge in [0.05, 0.1) is 17.2 Å². The van der Waals surface area contributed by atoms with Gasteiger partial charge in [-0.1, -0.05) is 23.8 Å². The molecule has 0 saturated carbocycles. The van der Waals surface area contributed by atoms with Crippen molar-refractivity contribution in [3.05, 3.63) is 59.1 Å². The number of nitrogens with zero attached hydrogens (tertiary/aromatic N) is 2.